The van der Waals surface area contributed by atoms with Crippen molar-refractivity contribution in [1.82, 2.24) is 8.61 Å². The van der Waals surface area contributed by atoms with E-state index < -0.39 is 20.0 Å². The lowest BCUT2D eigenvalue weighted by molar-refractivity contribution is 0.272. The lowest BCUT2D eigenvalue weighted by atomic mass is 10.2. The lowest BCUT2D eigenvalue weighted by Crippen LogP contribution is -2.50. The van der Waals surface area contributed by atoms with Gasteiger partial charge in [-0.15, -0.1) is 0 Å². The smallest absolute Gasteiger partial charge is 0.243 e. The number of sulfonamides is 2. The van der Waals surface area contributed by atoms with Gasteiger partial charge in [0.25, 0.3) is 0 Å². The van der Waals surface area contributed by atoms with Crippen LogP contribution in [-0.4, -0.2) is 58.7 Å². The van der Waals surface area contributed by atoms with E-state index in [0.717, 1.165) is 0 Å². The zero-order chi connectivity index (χ0) is 20.5. The summed E-state index contributed by atoms with van der Waals surface area (Å²) in [6.07, 6.45) is 0. The lowest BCUT2D eigenvalue weighted by Gasteiger charge is -2.33. The van der Waals surface area contributed by atoms with Crippen LogP contribution in [0.5, 0.6) is 5.75 Å². The zero-order valence-corrected chi connectivity index (χ0v) is 17.3. The number of methoxy groups -OCH3 is 1. The summed E-state index contributed by atoms with van der Waals surface area (Å²) in [6.45, 7) is 2.05. The molecule has 0 saturated carbocycles. The van der Waals surface area contributed by atoms with Crippen LogP contribution in [0, 0.1) is 6.92 Å². The Kier molecular flexibility index (Phi) is 5.67. The molecule has 0 unspecified atom stereocenters. The number of nitrogens with two attached hydrogens (primary N) is 1. The fourth-order valence-electron chi connectivity index (χ4n) is 3.12. The van der Waals surface area contributed by atoms with Crippen LogP contribution in [0.25, 0.3) is 0 Å². The minimum Gasteiger partial charge on any atom is -0.497 e. The van der Waals surface area contributed by atoms with Crippen LogP contribution in [-0.2, 0) is 20.0 Å². The second-order valence-corrected chi connectivity index (χ2v) is 10.4. The Balaban J connectivity index is 1.77. The van der Waals surface area contributed by atoms with Crippen molar-refractivity contribution < 1.29 is 21.6 Å². The number of aryl methyl sites for hydroxylation is 1. The van der Waals surface area contributed by atoms with Gasteiger partial charge in [-0.1, -0.05) is 0 Å². The highest BCUT2D eigenvalue weighted by Crippen LogP contribution is 2.26. The molecule has 2 aromatic rings. The normalized spacial score (nSPS) is 16.8. The largest absolute Gasteiger partial charge is 0.497 e. The van der Waals surface area contributed by atoms with Gasteiger partial charge < -0.3 is 10.5 Å². The minimum absolute atomic E-state index is 0.0845. The Bertz CT molecular complexity index is 1060. The van der Waals surface area contributed by atoms with Crippen LogP contribution >= 0.6 is 0 Å². The van der Waals surface area contributed by atoms with Gasteiger partial charge in [0.2, 0.25) is 20.0 Å². The summed E-state index contributed by atoms with van der Waals surface area (Å²) in [7, 11) is -5.89. The second kappa shape index (κ2) is 7.70. The highest BCUT2D eigenvalue weighted by atomic mass is 32.2. The van der Waals surface area contributed by atoms with E-state index in [1.165, 1.54) is 46.1 Å². The molecule has 0 aliphatic carbocycles. The molecule has 0 atom stereocenters. The van der Waals surface area contributed by atoms with E-state index in [4.69, 9.17) is 10.5 Å². The molecule has 0 spiro atoms. The van der Waals surface area contributed by atoms with Crippen molar-refractivity contribution in [2.75, 3.05) is 39.0 Å². The molecule has 28 heavy (non-hydrogen) atoms. The Morgan fingerprint density at radius 1 is 0.857 bits per heavy atom. The minimum atomic E-state index is -3.72. The first-order valence-corrected chi connectivity index (χ1v) is 11.5. The molecule has 1 heterocycles. The van der Waals surface area contributed by atoms with E-state index in [-0.39, 0.29) is 36.0 Å². The second-order valence-electron chi connectivity index (χ2n) is 6.51. The molecule has 0 radical (unpaired) electrons. The molecule has 8 nitrogen and oxygen atoms in total. The topological polar surface area (TPSA) is 110 Å². The Morgan fingerprint density at radius 3 is 1.89 bits per heavy atom. The number of nitrogens with zero attached hydrogens (tertiary/aromatic N) is 2. The van der Waals surface area contributed by atoms with Crippen LogP contribution in [0.4, 0.5) is 5.69 Å². The van der Waals surface area contributed by atoms with Crippen LogP contribution in [0.1, 0.15) is 5.56 Å². The standard InChI is InChI=1S/C18H23N3O5S2/c1-14-13-16(26-2)5-8-18(14)28(24,25)21-11-9-20(10-12-21)27(22,23)17-6-3-15(19)4-7-17/h3-8,13H,9-12,19H2,1-2H3. The monoisotopic (exact) mass is 425 g/mol. The molecule has 2 aromatic carbocycles. The van der Waals surface area contributed by atoms with Gasteiger partial charge in [0.15, 0.2) is 0 Å². The maximum absolute atomic E-state index is 13.0. The average Bonchev–Trinajstić information content (AvgIpc) is 2.68. The number of anilines is 1. The van der Waals surface area contributed by atoms with Gasteiger partial charge in [0, 0.05) is 31.9 Å². The van der Waals surface area contributed by atoms with E-state index in [0.29, 0.717) is 17.0 Å². The average molecular weight is 426 g/mol. The van der Waals surface area contributed by atoms with Gasteiger partial charge in [0.1, 0.15) is 5.75 Å². The zero-order valence-electron chi connectivity index (χ0n) is 15.7. The Morgan fingerprint density at radius 2 is 1.39 bits per heavy atom. The van der Waals surface area contributed by atoms with Crippen molar-refractivity contribution in [3.8, 4) is 5.75 Å². The SMILES string of the molecule is COc1ccc(S(=O)(=O)N2CCN(S(=O)(=O)c3ccc(N)cc3)CC2)c(C)c1. The third kappa shape index (κ3) is 3.86. The summed E-state index contributed by atoms with van der Waals surface area (Å²) in [5.41, 5.74) is 6.67. The number of rotatable bonds is 5. The van der Waals surface area contributed by atoms with Gasteiger partial charge in [-0.25, -0.2) is 16.8 Å². The van der Waals surface area contributed by atoms with E-state index in [1.807, 2.05) is 0 Å². The molecule has 152 valence electrons. The van der Waals surface area contributed by atoms with Crippen LogP contribution < -0.4 is 10.5 Å². The number of hydrogen-bond acceptors (Lipinski definition) is 6. The molecule has 3 rings (SSSR count). The van der Waals surface area contributed by atoms with E-state index >= 15 is 0 Å². The Labute approximate surface area is 165 Å². The quantitative estimate of drug-likeness (QED) is 0.723. The summed E-state index contributed by atoms with van der Waals surface area (Å²) in [4.78, 5) is 0.340. The molecule has 1 aliphatic heterocycles. The van der Waals surface area contributed by atoms with E-state index in [2.05, 4.69) is 0 Å². The highest BCUT2D eigenvalue weighted by molar-refractivity contribution is 7.89. The van der Waals surface area contributed by atoms with Crippen molar-refractivity contribution in [3.63, 3.8) is 0 Å². The molecule has 10 heteroatoms. The maximum atomic E-state index is 13.0. The third-order valence-corrected chi connectivity index (χ3v) is 8.69. The maximum Gasteiger partial charge on any atom is 0.243 e. The fourth-order valence-corrected chi connectivity index (χ4v) is 6.17. The van der Waals surface area contributed by atoms with Crippen LogP contribution in [0.15, 0.2) is 52.3 Å². The summed E-state index contributed by atoms with van der Waals surface area (Å²) < 4.78 is 59.2. The summed E-state index contributed by atoms with van der Waals surface area (Å²) >= 11 is 0. The van der Waals surface area contributed by atoms with Crippen molar-refractivity contribution in [2.24, 2.45) is 0 Å². The van der Waals surface area contributed by atoms with E-state index in [9.17, 15) is 16.8 Å². The summed E-state index contributed by atoms with van der Waals surface area (Å²) in [6, 6.07) is 10.7. The van der Waals surface area contributed by atoms with Gasteiger partial charge in [-0.05, 0) is 55.0 Å². The van der Waals surface area contributed by atoms with Gasteiger partial charge in [0.05, 0.1) is 16.9 Å². The number of piperazine rings is 1. The first kappa shape index (κ1) is 20.6. The first-order valence-electron chi connectivity index (χ1n) is 8.67. The van der Waals surface area contributed by atoms with Crippen molar-refractivity contribution in [2.45, 2.75) is 16.7 Å². The fraction of sp³-hybridized carbons (Fsp3) is 0.333. The number of hydrogen-bond donors (Lipinski definition) is 1. The molecule has 1 aliphatic rings. The number of nitrogen functional groups attached to an aromatic ring is 1. The molecular weight excluding hydrogens is 402 g/mol. The molecule has 0 amide bonds. The van der Waals surface area contributed by atoms with Crippen molar-refractivity contribution in [1.29, 1.82) is 0 Å². The van der Waals surface area contributed by atoms with E-state index in [1.54, 1.807) is 19.1 Å². The highest BCUT2D eigenvalue weighted by Gasteiger charge is 2.34. The number of ether oxygens (including phenoxy) is 1. The third-order valence-electron chi connectivity index (χ3n) is 4.72. The summed E-state index contributed by atoms with van der Waals surface area (Å²) in [5, 5.41) is 0. The van der Waals surface area contributed by atoms with Crippen LogP contribution in [0.2, 0.25) is 0 Å². The predicted octanol–water partition coefficient (Wildman–Crippen LogP) is 1.28. The Hall–Kier alpha value is -2.14. The van der Waals surface area contributed by atoms with Crippen LogP contribution in [0.3, 0.4) is 0 Å². The molecule has 0 aromatic heterocycles. The molecule has 1 fully saturated rings. The van der Waals surface area contributed by atoms with Gasteiger partial charge >= 0.3 is 0 Å². The molecular formula is C18H23N3O5S2. The number of benzene rings is 2. The summed E-state index contributed by atoms with van der Waals surface area (Å²) in [5.74, 6) is 0.580. The molecule has 0 bridgehead atoms. The predicted molar refractivity (Wildman–Crippen MR) is 106 cm³/mol. The molecule has 2 N–H and O–H groups in total. The van der Waals surface area contributed by atoms with Gasteiger partial charge in [-0.2, -0.15) is 8.61 Å². The molecule has 1 saturated heterocycles. The van der Waals surface area contributed by atoms with Crippen molar-refractivity contribution >= 4 is 25.7 Å². The van der Waals surface area contributed by atoms with Gasteiger partial charge in [-0.3, -0.25) is 0 Å². The first-order chi connectivity index (χ1) is 13.2. The van der Waals surface area contributed by atoms with Crippen molar-refractivity contribution in [3.05, 3.63) is 48.0 Å².